The van der Waals surface area contributed by atoms with Gasteiger partial charge in [-0.1, -0.05) is 19.9 Å². The van der Waals surface area contributed by atoms with Crippen LogP contribution in [0.2, 0.25) is 0 Å². The molecule has 0 radical (unpaired) electrons. The molecule has 130 valence electrons. The number of hydrogen-bond acceptors (Lipinski definition) is 4. The zero-order valence-corrected chi connectivity index (χ0v) is 13.4. The summed E-state index contributed by atoms with van der Waals surface area (Å²) in [4.78, 5) is 15.5. The Bertz CT molecular complexity index is 709. The predicted octanol–water partition coefficient (Wildman–Crippen LogP) is 2.51. The summed E-state index contributed by atoms with van der Waals surface area (Å²) in [7, 11) is 0. The number of aliphatic carboxylic acids is 1. The number of aromatic nitrogens is 3. The van der Waals surface area contributed by atoms with E-state index in [1.165, 1.54) is 17.3 Å². The zero-order valence-electron chi connectivity index (χ0n) is 13.4. The summed E-state index contributed by atoms with van der Waals surface area (Å²) in [5, 5.41) is 24.9. The highest BCUT2D eigenvalue weighted by molar-refractivity contribution is 5.72. The van der Waals surface area contributed by atoms with Crippen LogP contribution in [0.15, 0.2) is 30.9 Å². The van der Waals surface area contributed by atoms with E-state index in [0.29, 0.717) is 6.07 Å². The van der Waals surface area contributed by atoms with Crippen LogP contribution in [0.3, 0.4) is 0 Å². The van der Waals surface area contributed by atoms with Crippen LogP contribution in [-0.2, 0) is 10.4 Å². The normalized spacial score (nSPS) is 16.4. The molecule has 0 bridgehead atoms. The highest BCUT2D eigenvalue weighted by atomic mass is 19.1. The van der Waals surface area contributed by atoms with Gasteiger partial charge in [0.25, 0.3) is 0 Å². The number of carboxylic acid groups (broad SMARTS) is 1. The van der Waals surface area contributed by atoms with E-state index in [4.69, 9.17) is 0 Å². The molecule has 8 heteroatoms. The van der Waals surface area contributed by atoms with Gasteiger partial charge in [-0.25, -0.2) is 18.4 Å². The molecular weight excluding hydrogens is 320 g/mol. The number of aliphatic hydroxyl groups is 1. The van der Waals surface area contributed by atoms with Crippen molar-refractivity contribution in [3.63, 3.8) is 0 Å². The summed E-state index contributed by atoms with van der Waals surface area (Å²) in [6.07, 6.45) is 2.88. The fourth-order valence-corrected chi connectivity index (χ4v) is 3.17. The largest absolute Gasteiger partial charge is 0.481 e. The van der Waals surface area contributed by atoms with Crippen LogP contribution in [0.25, 0.3) is 0 Å². The van der Waals surface area contributed by atoms with Crippen molar-refractivity contribution in [2.24, 2.45) is 5.92 Å². The molecule has 3 unspecified atom stereocenters. The maximum atomic E-state index is 14.4. The lowest BCUT2D eigenvalue weighted by Gasteiger charge is -2.40. The molecule has 1 aromatic carbocycles. The number of carbonyl (C=O) groups is 1. The van der Waals surface area contributed by atoms with Crippen molar-refractivity contribution in [2.75, 3.05) is 0 Å². The van der Waals surface area contributed by atoms with Gasteiger partial charge in [-0.3, -0.25) is 4.79 Å². The molecule has 2 rings (SSSR count). The summed E-state index contributed by atoms with van der Waals surface area (Å²) in [6.45, 7) is 3.30. The van der Waals surface area contributed by atoms with Gasteiger partial charge in [0.1, 0.15) is 29.9 Å². The second-order valence-corrected chi connectivity index (χ2v) is 5.55. The van der Waals surface area contributed by atoms with Crippen molar-refractivity contribution in [3.8, 4) is 0 Å². The molecule has 0 saturated carbocycles. The standard InChI is InChI=1S/C16H19F2N3O3/c1-3-11(15(22)23)16(24,12-6-5-10(17)7-13(12)18)14(4-2)21-9-19-8-20-21/h5-9,11,14,24H,3-4H2,1-2H3,(H,22,23). The maximum absolute atomic E-state index is 14.4. The van der Waals surface area contributed by atoms with Gasteiger partial charge in [-0.2, -0.15) is 5.10 Å². The van der Waals surface area contributed by atoms with Gasteiger partial charge in [0.2, 0.25) is 0 Å². The topological polar surface area (TPSA) is 88.2 Å². The van der Waals surface area contributed by atoms with Crippen molar-refractivity contribution in [1.82, 2.24) is 14.8 Å². The average Bonchev–Trinajstić information content (AvgIpc) is 3.01. The third kappa shape index (κ3) is 3.01. The Morgan fingerprint density at radius 2 is 2.04 bits per heavy atom. The van der Waals surface area contributed by atoms with Crippen LogP contribution in [0.1, 0.15) is 38.3 Å². The summed E-state index contributed by atoms with van der Waals surface area (Å²) in [5.74, 6) is -4.40. The van der Waals surface area contributed by atoms with Crippen LogP contribution in [0.5, 0.6) is 0 Å². The third-order valence-electron chi connectivity index (χ3n) is 4.25. The van der Waals surface area contributed by atoms with Crippen molar-refractivity contribution in [1.29, 1.82) is 0 Å². The first-order valence-electron chi connectivity index (χ1n) is 7.61. The van der Waals surface area contributed by atoms with E-state index in [1.54, 1.807) is 13.8 Å². The van der Waals surface area contributed by atoms with Gasteiger partial charge in [0.15, 0.2) is 0 Å². The first kappa shape index (κ1) is 18.0. The second-order valence-electron chi connectivity index (χ2n) is 5.55. The van der Waals surface area contributed by atoms with E-state index < -0.39 is 35.2 Å². The SMILES string of the molecule is CCC(C(=O)O)C(O)(c1ccc(F)cc1F)C(CC)n1cncn1. The van der Waals surface area contributed by atoms with Crippen molar-refractivity contribution >= 4 is 5.97 Å². The van der Waals surface area contributed by atoms with Crippen LogP contribution >= 0.6 is 0 Å². The lowest BCUT2D eigenvalue weighted by Crippen LogP contribution is -2.47. The second kappa shape index (κ2) is 7.04. The minimum atomic E-state index is -2.12. The number of hydrogen-bond donors (Lipinski definition) is 2. The minimum absolute atomic E-state index is 0.0495. The number of halogens is 2. The summed E-state index contributed by atoms with van der Waals surface area (Å²) < 4.78 is 29.0. The lowest BCUT2D eigenvalue weighted by atomic mass is 9.73. The molecule has 0 aliphatic rings. The Labute approximate surface area is 137 Å². The highest BCUT2D eigenvalue weighted by Gasteiger charge is 2.50. The molecule has 1 heterocycles. The van der Waals surface area contributed by atoms with Crippen LogP contribution in [0, 0.1) is 17.6 Å². The molecule has 0 fully saturated rings. The molecule has 0 amide bonds. The molecular formula is C16H19F2N3O3. The summed E-state index contributed by atoms with van der Waals surface area (Å²) >= 11 is 0. The van der Waals surface area contributed by atoms with Gasteiger partial charge in [0.05, 0.1) is 12.0 Å². The quantitative estimate of drug-likeness (QED) is 0.809. The van der Waals surface area contributed by atoms with E-state index in [2.05, 4.69) is 10.1 Å². The van der Waals surface area contributed by atoms with E-state index >= 15 is 0 Å². The molecule has 0 spiro atoms. The Balaban J connectivity index is 2.71. The number of nitrogens with zero attached hydrogens (tertiary/aromatic N) is 3. The molecule has 6 nitrogen and oxygen atoms in total. The smallest absolute Gasteiger partial charge is 0.309 e. The fourth-order valence-electron chi connectivity index (χ4n) is 3.17. The number of carboxylic acids is 1. The van der Waals surface area contributed by atoms with E-state index in [-0.39, 0.29) is 18.4 Å². The molecule has 0 saturated heterocycles. The minimum Gasteiger partial charge on any atom is -0.481 e. The van der Waals surface area contributed by atoms with E-state index in [9.17, 15) is 23.8 Å². The van der Waals surface area contributed by atoms with Gasteiger partial charge in [-0.15, -0.1) is 0 Å². The Kier molecular flexibility index (Phi) is 5.28. The van der Waals surface area contributed by atoms with Gasteiger partial charge in [-0.05, 0) is 18.9 Å². The first-order valence-corrected chi connectivity index (χ1v) is 7.61. The fraction of sp³-hybridized carbons (Fsp3) is 0.438. The monoisotopic (exact) mass is 339 g/mol. The number of benzene rings is 1. The van der Waals surface area contributed by atoms with Crippen molar-refractivity contribution in [3.05, 3.63) is 48.1 Å². The summed E-state index contributed by atoms with van der Waals surface area (Å²) in [5.41, 5.74) is -2.40. The molecule has 3 atom stereocenters. The predicted molar refractivity (Wildman–Crippen MR) is 81.0 cm³/mol. The zero-order chi connectivity index (χ0) is 17.9. The molecule has 2 N–H and O–H groups in total. The molecule has 2 aromatic rings. The highest BCUT2D eigenvalue weighted by Crippen LogP contribution is 2.44. The van der Waals surface area contributed by atoms with Crippen LogP contribution in [0.4, 0.5) is 8.78 Å². The van der Waals surface area contributed by atoms with Crippen molar-refractivity contribution in [2.45, 2.75) is 38.3 Å². The van der Waals surface area contributed by atoms with Crippen molar-refractivity contribution < 1.29 is 23.8 Å². The van der Waals surface area contributed by atoms with Gasteiger partial charge >= 0.3 is 5.97 Å². The molecule has 24 heavy (non-hydrogen) atoms. The van der Waals surface area contributed by atoms with Gasteiger partial charge < -0.3 is 10.2 Å². The van der Waals surface area contributed by atoms with E-state index in [0.717, 1.165) is 12.1 Å². The average molecular weight is 339 g/mol. The Morgan fingerprint density at radius 1 is 1.33 bits per heavy atom. The molecule has 0 aliphatic heterocycles. The maximum Gasteiger partial charge on any atom is 0.309 e. The molecule has 0 aliphatic carbocycles. The first-order chi connectivity index (χ1) is 11.4. The Morgan fingerprint density at radius 3 is 2.50 bits per heavy atom. The van der Waals surface area contributed by atoms with Crippen LogP contribution in [-0.4, -0.2) is 30.9 Å². The Hall–Kier alpha value is -2.35. The van der Waals surface area contributed by atoms with E-state index in [1.807, 2.05) is 0 Å². The lowest BCUT2D eigenvalue weighted by molar-refractivity contribution is -0.159. The van der Waals surface area contributed by atoms with Gasteiger partial charge in [0, 0.05) is 11.6 Å². The molecule has 1 aromatic heterocycles. The van der Waals surface area contributed by atoms with Crippen LogP contribution < -0.4 is 0 Å². The summed E-state index contributed by atoms with van der Waals surface area (Å²) in [6, 6.07) is 1.81. The third-order valence-corrected chi connectivity index (χ3v) is 4.25. The number of rotatable bonds is 7.